The van der Waals surface area contributed by atoms with Crippen molar-refractivity contribution in [2.45, 2.75) is 19.9 Å². The maximum Gasteiger partial charge on any atom is 0.262 e. The van der Waals surface area contributed by atoms with Crippen LogP contribution in [-0.4, -0.2) is 17.6 Å². The topological polar surface area (TPSA) is 82.3 Å². The number of hydrogen-bond acceptors (Lipinski definition) is 4. The fourth-order valence-corrected chi connectivity index (χ4v) is 3.23. The van der Waals surface area contributed by atoms with Crippen LogP contribution < -0.4 is 10.1 Å². The van der Waals surface area contributed by atoms with E-state index in [2.05, 4.69) is 37.2 Å². The lowest BCUT2D eigenvalue weighted by Gasteiger charge is -2.14. The molecule has 2 rings (SSSR count). The Morgan fingerprint density at radius 2 is 2.00 bits per heavy atom. The molecular formula is C20H18Br2N2O3. The molecule has 0 saturated heterocycles. The number of benzene rings is 2. The summed E-state index contributed by atoms with van der Waals surface area (Å²) >= 11 is 6.64. The molecule has 27 heavy (non-hydrogen) atoms. The molecule has 5 nitrogen and oxygen atoms in total. The highest BCUT2D eigenvalue weighted by Gasteiger charge is 2.18. The number of carbonyl (C=O) groups excluding carboxylic acids is 1. The molecule has 0 fully saturated rings. The Kier molecular flexibility index (Phi) is 7.45. The van der Waals surface area contributed by atoms with Gasteiger partial charge in [-0.3, -0.25) is 4.79 Å². The Balaban J connectivity index is 2.33. The summed E-state index contributed by atoms with van der Waals surface area (Å²) in [4.78, 5) is 12.5. The number of rotatable bonds is 6. The molecule has 0 bridgehead atoms. The molecular weight excluding hydrogens is 476 g/mol. The van der Waals surface area contributed by atoms with Crippen LogP contribution in [-0.2, 0) is 4.79 Å². The molecule has 0 aliphatic heterocycles. The van der Waals surface area contributed by atoms with Crippen LogP contribution >= 0.6 is 31.9 Å². The molecule has 140 valence electrons. The predicted octanol–water partition coefficient (Wildman–Crippen LogP) is 5.10. The second kappa shape index (κ2) is 9.58. The Morgan fingerprint density at radius 3 is 2.59 bits per heavy atom. The van der Waals surface area contributed by atoms with E-state index in [0.29, 0.717) is 21.1 Å². The number of nitrogens with one attached hydrogen (secondary N) is 1. The number of phenolic OH excluding ortho intramolecular Hbond substituents is 1. The summed E-state index contributed by atoms with van der Waals surface area (Å²) < 4.78 is 6.30. The van der Waals surface area contributed by atoms with Crippen molar-refractivity contribution < 1.29 is 14.6 Å². The zero-order valence-electron chi connectivity index (χ0n) is 14.8. The van der Waals surface area contributed by atoms with Crippen LogP contribution in [0.3, 0.4) is 0 Å². The van der Waals surface area contributed by atoms with E-state index >= 15 is 0 Å². The van der Waals surface area contributed by atoms with Gasteiger partial charge in [-0.2, -0.15) is 5.26 Å². The summed E-state index contributed by atoms with van der Waals surface area (Å²) in [5.74, 6) is -0.279. The first-order chi connectivity index (χ1) is 12.9. The normalized spacial score (nSPS) is 12.2. The monoisotopic (exact) mass is 492 g/mol. The summed E-state index contributed by atoms with van der Waals surface area (Å²) in [6, 6.07) is 12.7. The first-order valence-electron chi connectivity index (χ1n) is 8.20. The molecule has 0 saturated carbocycles. The Bertz CT molecular complexity index is 906. The number of aromatic hydroxyl groups is 1. The summed E-state index contributed by atoms with van der Waals surface area (Å²) in [5.41, 5.74) is 1.41. The maximum atomic E-state index is 12.5. The summed E-state index contributed by atoms with van der Waals surface area (Å²) in [7, 11) is 0. The van der Waals surface area contributed by atoms with Crippen molar-refractivity contribution in [2.24, 2.45) is 0 Å². The zero-order valence-corrected chi connectivity index (χ0v) is 18.0. The van der Waals surface area contributed by atoms with Crippen molar-refractivity contribution in [3.63, 3.8) is 0 Å². The van der Waals surface area contributed by atoms with Gasteiger partial charge in [-0.1, -0.05) is 30.3 Å². The third kappa shape index (κ3) is 5.12. The molecule has 0 spiro atoms. The number of ether oxygens (including phenoxy) is 1. The van der Waals surface area contributed by atoms with Gasteiger partial charge >= 0.3 is 0 Å². The third-order valence-corrected chi connectivity index (χ3v) is 5.94. The molecule has 1 amide bonds. The van der Waals surface area contributed by atoms with Gasteiger partial charge in [-0.05, 0) is 69.0 Å². The minimum absolute atomic E-state index is 0.0541. The highest BCUT2D eigenvalue weighted by atomic mass is 79.9. The van der Waals surface area contributed by atoms with Gasteiger partial charge < -0.3 is 15.2 Å². The third-order valence-electron chi connectivity index (χ3n) is 3.79. The number of halogens is 2. The molecule has 2 N–H and O–H groups in total. The molecule has 1 atom stereocenters. The first kappa shape index (κ1) is 21.0. The average molecular weight is 494 g/mol. The molecule has 2 aromatic rings. The number of phenols is 1. The van der Waals surface area contributed by atoms with Crippen molar-refractivity contribution in [3.8, 4) is 17.6 Å². The van der Waals surface area contributed by atoms with Crippen molar-refractivity contribution in [2.75, 3.05) is 6.61 Å². The van der Waals surface area contributed by atoms with Gasteiger partial charge in [0.15, 0.2) is 11.5 Å². The minimum atomic E-state index is -0.483. The van der Waals surface area contributed by atoms with Crippen molar-refractivity contribution in [1.82, 2.24) is 5.32 Å². The lowest BCUT2D eigenvalue weighted by atomic mass is 10.1. The summed E-state index contributed by atoms with van der Waals surface area (Å²) in [5, 5.41) is 22.4. The SMILES string of the molecule is CCOc1cc(/C=C(/C#N)C(=O)N[C@@H](C)c2ccccc2)c(Br)c(Br)c1O. The van der Waals surface area contributed by atoms with Gasteiger partial charge in [0.2, 0.25) is 0 Å². The Hall–Kier alpha value is -2.30. The Morgan fingerprint density at radius 1 is 1.33 bits per heavy atom. The molecule has 7 heteroatoms. The van der Waals surface area contributed by atoms with Gasteiger partial charge in [-0.15, -0.1) is 0 Å². The van der Waals surface area contributed by atoms with E-state index in [1.807, 2.05) is 43.3 Å². The van der Waals surface area contributed by atoms with Crippen molar-refractivity contribution in [1.29, 1.82) is 5.26 Å². The first-order valence-corrected chi connectivity index (χ1v) is 9.79. The van der Waals surface area contributed by atoms with Crippen LogP contribution in [0.4, 0.5) is 0 Å². The minimum Gasteiger partial charge on any atom is -0.503 e. The van der Waals surface area contributed by atoms with Crippen molar-refractivity contribution >= 4 is 43.8 Å². The van der Waals surface area contributed by atoms with Gasteiger partial charge in [-0.25, -0.2) is 0 Å². The van der Waals surface area contributed by atoms with Crippen LogP contribution in [0.1, 0.15) is 31.0 Å². The molecule has 0 radical (unpaired) electrons. The number of hydrogen-bond donors (Lipinski definition) is 2. The highest BCUT2D eigenvalue weighted by Crippen LogP contribution is 2.42. The molecule has 2 aromatic carbocycles. The van der Waals surface area contributed by atoms with E-state index in [-0.39, 0.29) is 23.1 Å². The van der Waals surface area contributed by atoms with Gasteiger partial charge in [0, 0.05) is 4.47 Å². The Labute approximate surface area is 174 Å². The van der Waals surface area contributed by atoms with E-state index in [4.69, 9.17) is 4.74 Å². The van der Waals surface area contributed by atoms with Crippen LogP contribution in [0.2, 0.25) is 0 Å². The van der Waals surface area contributed by atoms with Gasteiger partial charge in [0.05, 0.1) is 17.1 Å². The second-order valence-corrected chi connectivity index (χ2v) is 7.24. The van der Waals surface area contributed by atoms with E-state index in [9.17, 15) is 15.2 Å². The summed E-state index contributed by atoms with van der Waals surface area (Å²) in [6.45, 7) is 4.01. The number of nitriles is 1. The van der Waals surface area contributed by atoms with E-state index in [1.165, 1.54) is 6.08 Å². The molecule has 0 aliphatic rings. The fraction of sp³-hybridized carbons (Fsp3) is 0.200. The predicted molar refractivity (Wildman–Crippen MR) is 111 cm³/mol. The quantitative estimate of drug-likeness (QED) is 0.433. The smallest absolute Gasteiger partial charge is 0.262 e. The molecule has 0 unspecified atom stereocenters. The van der Waals surface area contributed by atoms with E-state index in [1.54, 1.807) is 13.0 Å². The van der Waals surface area contributed by atoms with E-state index in [0.717, 1.165) is 5.56 Å². The number of amides is 1. The number of nitrogens with zero attached hydrogens (tertiary/aromatic N) is 1. The average Bonchev–Trinajstić information content (AvgIpc) is 2.68. The van der Waals surface area contributed by atoms with Crippen LogP contribution in [0.25, 0.3) is 6.08 Å². The highest BCUT2D eigenvalue weighted by molar-refractivity contribution is 9.13. The lowest BCUT2D eigenvalue weighted by Crippen LogP contribution is -2.27. The van der Waals surface area contributed by atoms with Crippen LogP contribution in [0.15, 0.2) is 50.9 Å². The van der Waals surface area contributed by atoms with Crippen LogP contribution in [0, 0.1) is 11.3 Å². The maximum absolute atomic E-state index is 12.5. The largest absolute Gasteiger partial charge is 0.503 e. The summed E-state index contributed by atoms with van der Waals surface area (Å²) in [6.07, 6.45) is 1.45. The molecule has 0 aromatic heterocycles. The zero-order chi connectivity index (χ0) is 20.0. The van der Waals surface area contributed by atoms with Gasteiger partial charge in [0.1, 0.15) is 11.6 Å². The standard InChI is InChI=1S/C20H18Br2N2O3/c1-3-27-16-10-14(17(21)18(22)19(16)25)9-15(11-23)20(26)24-12(2)13-7-5-4-6-8-13/h4-10,12,25H,3H2,1-2H3,(H,24,26)/b15-9-/t12-/m0/s1. The fourth-order valence-electron chi connectivity index (χ4n) is 2.39. The molecule has 0 heterocycles. The second-order valence-electron chi connectivity index (χ2n) is 5.65. The van der Waals surface area contributed by atoms with Crippen molar-refractivity contribution in [3.05, 3.63) is 62.0 Å². The van der Waals surface area contributed by atoms with Crippen LogP contribution in [0.5, 0.6) is 11.5 Å². The molecule has 0 aliphatic carbocycles. The lowest BCUT2D eigenvalue weighted by molar-refractivity contribution is -0.117. The van der Waals surface area contributed by atoms with Gasteiger partial charge in [0.25, 0.3) is 5.91 Å². The van der Waals surface area contributed by atoms with E-state index < -0.39 is 5.91 Å². The number of carbonyl (C=O) groups is 1.